The molecule has 3 N–H and O–H groups in total. The smallest absolute Gasteiger partial charge is 0.318 e. The van der Waals surface area contributed by atoms with Crippen molar-refractivity contribution < 1.29 is 19.3 Å². The lowest BCUT2D eigenvalue weighted by Crippen LogP contribution is -2.51. The summed E-state index contributed by atoms with van der Waals surface area (Å²) in [4.78, 5) is 11.8. The summed E-state index contributed by atoms with van der Waals surface area (Å²) in [5.74, 6) is -3.35. The van der Waals surface area contributed by atoms with Gasteiger partial charge in [-0.15, -0.1) is 0 Å². The maximum atomic E-state index is 14.4. The monoisotopic (exact) mass is 267 g/mol. The van der Waals surface area contributed by atoms with Gasteiger partial charge in [0.25, 0.3) is 0 Å². The van der Waals surface area contributed by atoms with Crippen LogP contribution in [0.1, 0.15) is 0 Å². The minimum atomic E-state index is -2.48. The standard InChI is InChI=1S/C10H10FN5O3/c1-4-5(17)6(18)7(19-4)16-3-15-10(11)8(12)13-2-14-9(10)16/h2-3,5-7,12,17-18H,1H2/t5-,6-,7-,10?/m1/s1. The van der Waals surface area contributed by atoms with Crippen LogP contribution < -0.4 is 0 Å². The summed E-state index contributed by atoms with van der Waals surface area (Å²) >= 11 is 0. The predicted molar refractivity (Wildman–Crippen MR) is 63.9 cm³/mol. The average molecular weight is 267 g/mol. The van der Waals surface area contributed by atoms with Gasteiger partial charge in [-0.2, -0.15) is 4.39 Å². The Morgan fingerprint density at radius 3 is 2.89 bits per heavy atom. The van der Waals surface area contributed by atoms with E-state index in [9.17, 15) is 14.6 Å². The van der Waals surface area contributed by atoms with Gasteiger partial charge in [0.15, 0.2) is 11.7 Å². The number of aliphatic imine (C=N–C) groups is 3. The highest BCUT2D eigenvalue weighted by Crippen LogP contribution is 2.33. The van der Waals surface area contributed by atoms with Crippen molar-refractivity contribution in [2.75, 3.05) is 0 Å². The molecule has 0 bridgehead atoms. The van der Waals surface area contributed by atoms with Crippen LogP contribution in [0.25, 0.3) is 0 Å². The van der Waals surface area contributed by atoms with Crippen molar-refractivity contribution in [3.63, 3.8) is 0 Å². The molecule has 1 fully saturated rings. The number of alkyl halides is 1. The highest BCUT2D eigenvalue weighted by molar-refractivity contribution is 6.22. The Bertz CT molecular complexity index is 559. The van der Waals surface area contributed by atoms with Crippen LogP contribution in [0.3, 0.4) is 0 Å². The number of amidine groups is 2. The Labute approximate surface area is 106 Å². The molecule has 0 aromatic carbocycles. The zero-order valence-electron chi connectivity index (χ0n) is 9.56. The third kappa shape index (κ3) is 1.45. The molecular weight excluding hydrogens is 257 g/mol. The molecule has 1 saturated heterocycles. The van der Waals surface area contributed by atoms with E-state index in [4.69, 9.17) is 10.1 Å². The molecule has 3 rings (SSSR count). The van der Waals surface area contributed by atoms with Gasteiger partial charge in [0.1, 0.15) is 24.3 Å². The predicted octanol–water partition coefficient (Wildman–Crippen LogP) is -0.994. The van der Waals surface area contributed by atoms with Crippen molar-refractivity contribution in [3.8, 4) is 0 Å². The van der Waals surface area contributed by atoms with Gasteiger partial charge in [0.05, 0.1) is 6.34 Å². The van der Waals surface area contributed by atoms with Gasteiger partial charge in [-0.1, -0.05) is 6.58 Å². The molecule has 0 aromatic rings. The molecule has 1 unspecified atom stereocenters. The highest BCUT2D eigenvalue weighted by atomic mass is 19.1. The number of fused-ring (bicyclic) bond motifs is 1. The second kappa shape index (κ2) is 3.68. The topological polar surface area (TPSA) is 114 Å². The van der Waals surface area contributed by atoms with Crippen molar-refractivity contribution in [2.45, 2.75) is 24.2 Å². The van der Waals surface area contributed by atoms with Gasteiger partial charge in [0.2, 0.25) is 6.23 Å². The quantitative estimate of drug-likeness (QED) is 0.529. The van der Waals surface area contributed by atoms with Crippen LogP contribution in [0.4, 0.5) is 4.39 Å². The van der Waals surface area contributed by atoms with Crippen LogP contribution >= 0.6 is 0 Å². The van der Waals surface area contributed by atoms with Gasteiger partial charge in [-0.3, -0.25) is 10.3 Å². The molecular formula is C10H10FN5O3. The van der Waals surface area contributed by atoms with Crippen LogP contribution in [0.15, 0.2) is 27.3 Å². The first-order valence-electron chi connectivity index (χ1n) is 5.39. The molecule has 0 aliphatic carbocycles. The lowest BCUT2D eigenvalue weighted by molar-refractivity contribution is -0.0138. The van der Waals surface area contributed by atoms with Crippen LogP contribution in [0.2, 0.25) is 0 Å². The third-order valence-electron chi connectivity index (χ3n) is 3.07. The van der Waals surface area contributed by atoms with E-state index in [1.54, 1.807) is 0 Å². The van der Waals surface area contributed by atoms with Crippen molar-refractivity contribution in [3.05, 3.63) is 12.3 Å². The Hall–Kier alpha value is -2.13. The van der Waals surface area contributed by atoms with Crippen molar-refractivity contribution >= 4 is 24.3 Å². The number of aliphatic hydroxyl groups is 2. The molecule has 19 heavy (non-hydrogen) atoms. The number of ether oxygens (including phenoxy) is 1. The van der Waals surface area contributed by atoms with Crippen LogP contribution in [0, 0.1) is 5.41 Å². The van der Waals surface area contributed by atoms with Crippen LogP contribution in [-0.4, -0.2) is 63.7 Å². The lowest BCUT2D eigenvalue weighted by atomic mass is 10.1. The molecule has 3 aliphatic rings. The zero-order chi connectivity index (χ0) is 13.8. The fourth-order valence-corrected chi connectivity index (χ4v) is 2.02. The van der Waals surface area contributed by atoms with E-state index < -0.39 is 30.1 Å². The SMILES string of the molecule is C=C1O[C@@H](N2C=NC3(F)C(=N)N=CN=C23)[C@H](O)[C@@H]1O. The number of halogens is 1. The number of nitrogens with one attached hydrogen (secondary N) is 1. The van der Waals surface area contributed by atoms with E-state index in [-0.39, 0.29) is 11.6 Å². The molecule has 8 nitrogen and oxygen atoms in total. The summed E-state index contributed by atoms with van der Waals surface area (Å²) in [5, 5.41) is 26.8. The molecule has 0 aromatic heterocycles. The maximum absolute atomic E-state index is 14.4. The minimum Gasteiger partial charge on any atom is -0.469 e. The second-order valence-corrected chi connectivity index (χ2v) is 4.23. The van der Waals surface area contributed by atoms with Crippen molar-refractivity contribution in [1.82, 2.24) is 4.90 Å². The van der Waals surface area contributed by atoms with Gasteiger partial charge in [-0.05, 0) is 0 Å². The minimum absolute atomic E-state index is 0.0255. The summed E-state index contributed by atoms with van der Waals surface area (Å²) in [5.41, 5.74) is 0. The van der Waals surface area contributed by atoms with Crippen LogP contribution in [0.5, 0.6) is 0 Å². The normalized spacial score (nSPS) is 40.5. The van der Waals surface area contributed by atoms with E-state index in [0.29, 0.717) is 0 Å². The summed E-state index contributed by atoms with van der Waals surface area (Å²) in [7, 11) is 0. The molecule has 0 spiro atoms. The Balaban J connectivity index is 1.95. The van der Waals surface area contributed by atoms with Gasteiger partial charge in [-0.25, -0.2) is 15.0 Å². The first kappa shape index (κ1) is 11.9. The molecule has 0 saturated carbocycles. The highest BCUT2D eigenvalue weighted by Gasteiger charge is 2.54. The second-order valence-electron chi connectivity index (χ2n) is 4.23. The molecule has 0 radical (unpaired) electrons. The Kier molecular flexibility index (Phi) is 2.31. The molecule has 3 aliphatic heterocycles. The summed E-state index contributed by atoms with van der Waals surface area (Å²) < 4.78 is 19.6. The molecule has 0 amide bonds. The van der Waals surface area contributed by atoms with Crippen molar-refractivity contribution in [2.24, 2.45) is 15.0 Å². The first-order valence-corrected chi connectivity index (χ1v) is 5.39. The van der Waals surface area contributed by atoms with Gasteiger partial charge in [0, 0.05) is 0 Å². The Morgan fingerprint density at radius 2 is 2.26 bits per heavy atom. The van der Waals surface area contributed by atoms with Gasteiger partial charge < -0.3 is 14.9 Å². The number of hydrogen-bond acceptors (Lipinski definition) is 7. The number of rotatable bonds is 1. The van der Waals surface area contributed by atoms with E-state index >= 15 is 0 Å². The molecule has 4 atom stereocenters. The zero-order valence-corrected chi connectivity index (χ0v) is 9.56. The summed E-state index contributed by atoms with van der Waals surface area (Å²) in [6, 6.07) is 0. The van der Waals surface area contributed by atoms with Crippen molar-refractivity contribution in [1.29, 1.82) is 5.41 Å². The largest absolute Gasteiger partial charge is 0.469 e. The lowest BCUT2D eigenvalue weighted by Gasteiger charge is -2.28. The average Bonchev–Trinajstić information content (AvgIpc) is 2.84. The maximum Gasteiger partial charge on any atom is 0.318 e. The van der Waals surface area contributed by atoms with Gasteiger partial charge >= 0.3 is 5.79 Å². The summed E-state index contributed by atoms with van der Waals surface area (Å²) in [6.45, 7) is 3.44. The molecule has 9 heteroatoms. The van der Waals surface area contributed by atoms with Crippen LogP contribution in [-0.2, 0) is 4.74 Å². The number of hydrogen-bond donors (Lipinski definition) is 3. The molecule has 100 valence electrons. The fraction of sp³-hybridized carbons (Fsp3) is 0.400. The third-order valence-corrected chi connectivity index (χ3v) is 3.07. The molecule has 3 heterocycles. The van der Waals surface area contributed by atoms with E-state index in [1.165, 1.54) is 0 Å². The number of aliphatic hydroxyl groups excluding tert-OH is 2. The van der Waals surface area contributed by atoms with E-state index in [1.807, 2.05) is 0 Å². The summed E-state index contributed by atoms with van der Waals surface area (Å²) in [6.07, 6.45) is -1.62. The van der Waals surface area contributed by atoms with E-state index in [2.05, 4.69) is 21.6 Å². The fourth-order valence-electron chi connectivity index (χ4n) is 2.02. The Morgan fingerprint density at radius 1 is 1.53 bits per heavy atom. The number of nitrogens with zero attached hydrogens (tertiary/aromatic N) is 4. The first-order chi connectivity index (χ1) is 8.95. The van der Waals surface area contributed by atoms with E-state index in [0.717, 1.165) is 17.6 Å².